The molecule has 0 spiro atoms. The fourth-order valence-corrected chi connectivity index (χ4v) is 5.43. The number of piperazine rings is 1. The standard InChI is InChI=1S/C27H28F2N6O3S/c1-3-34(2)39(37,38)33-23-9-8-22(28)24(25(23)29)26(36)21-16-32-27-20(21)14-18(15-31-27)17-4-6-19(7-5-17)35-12-10-30-11-13-35/h4-9,14-16,30,33H,3,10-13H2,1-2H3,(H,31,32). The monoisotopic (exact) mass is 554 g/mol. The largest absolute Gasteiger partial charge is 0.369 e. The van der Waals surface area contributed by atoms with E-state index in [-0.39, 0.29) is 12.1 Å². The zero-order valence-electron chi connectivity index (χ0n) is 21.5. The number of aromatic nitrogens is 2. The molecule has 1 aliphatic rings. The van der Waals surface area contributed by atoms with Gasteiger partial charge < -0.3 is 15.2 Å². The molecule has 12 heteroatoms. The highest BCUT2D eigenvalue weighted by Crippen LogP contribution is 2.30. The van der Waals surface area contributed by atoms with Crippen molar-refractivity contribution in [3.05, 3.63) is 77.6 Å². The minimum absolute atomic E-state index is 0.0141. The van der Waals surface area contributed by atoms with Crippen molar-refractivity contribution >= 4 is 38.4 Å². The molecule has 0 saturated carbocycles. The molecule has 1 fully saturated rings. The molecule has 4 aromatic rings. The predicted octanol–water partition coefficient (Wildman–Crippen LogP) is 3.76. The topological polar surface area (TPSA) is 110 Å². The van der Waals surface area contributed by atoms with Crippen LogP contribution < -0.4 is 14.9 Å². The highest BCUT2D eigenvalue weighted by molar-refractivity contribution is 7.90. The number of aromatic amines is 1. The Morgan fingerprint density at radius 1 is 1.10 bits per heavy atom. The molecule has 3 heterocycles. The Bertz CT molecular complexity index is 1630. The summed E-state index contributed by atoms with van der Waals surface area (Å²) in [7, 11) is -2.78. The van der Waals surface area contributed by atoms with Gasteiger partial charge in [0.05, 0.1) is 11.3 Å². The maximum atomic E-state index is 15.4. The summed E-state index contributed by atoms with van der Waals surface area (Å²) in [5.74, 6) is -3.34. The van der Waals surface area contributed by atoms with E-state index in [0.29, 0.717) is 11.0 Å². The first-order valence-corrected chi connectivity index (χ1v) is 13.9. The maximum absolute atomic E-state index is 15.4. The summed E-state index contributed by atoms with van der Waals surface area (Å²) in [6, 6.07) is 11.5. The van der Waals surface area contributed by atoms with Crippen LogP contribution in [0.1, 0.15) is 22.8 Å². The average Bonchev–Trinajstić information content (AvgIpc) is 3.38. The van der Waals surface area contributed by atoms with Gasteiger partial charge in [0.15, 0.2) is 5.82 Å². The molecule has 0 aliphatic carbocycles. The van der Waals surface area contributed by atoms with E-state index in [1.165, 1.54) is 13.2 Å². The van der Waals surface area contributed by atoms with Crippen molar-refractivity contribution in [2.45, 2.75) is 6.92 Å². The van der Waals surface area contributed by atoms with Crippen LogP contribution in [0.2, 0.25) is 0 Å². The summed E-state index contributed by atoms with van der Waals surface area (Å²) in [4.78, 5) is 23.0. The molecule has 0 atom stereocenters. The molecule has 0 unspecified atom stereocenters. The number of hydrogen-bond donors (Lipinski definition) is 3. The normalized spacial score (nSPS) is 14.2. The van der Waals surface area contributed by atoms with Gasteiger partial charge in [-0.05, 0) is 35.9 Å². The summed E-state index contributed by atoms with van der Waals surface area (Å²) < 4.78 is 58.0. The van der Waals surface area contributed by atoms with Crippen molar-refractivity contribution in [3.63, 3.8) is 0 Å². The number of pyridine rings is 1. The van der Waals surface area contributed by atoms with Crippen molar-refractivity contribution in [1.82, 2.24) is 19.6 Å². The molecular formula is C27H28F2N6O3S. The van der Waals surface area contributed by atoms with Crippen LogP contribution in [0.4, 0.5) is 20.2 Å². The number of carbonyl (C=O) groups excluding carboxylic acids is 1. The number of rotatable bonds is 8. The zero-order valence-corrected chi connectivity index (χ0v) is 22.3. The van der Waals surface area contributed by atoms with Crippen LogP contribution >= 0.6 is 0 Å². The summed E-state index contributed by atoms with van der Waals surface area (Å²) in [6.45, 7) is 5.44. The zero-order chi connectivity index (χ0) is 27.7. The number of fused-ring (bicyclic) bond motifs is 1. The van der Waals surface area contributed by atoms with Gasteiger partial charge in [-0.25, -0.2) is 13.8 Å². The van der Waals surface area contributed by atoms with Crippen molar-refractivity contribution in [2.75, 3.05) is 49.4 Å². The Kier molecular flexibility index (Phi) is 7.34. The number of nitrogens with one attached hydrogen (secondary N) is 3. The van der Waals surface area contributed by atoms with E-state index in [9.17, 15) is 17.6 Å². The number of hydrogen-bond acceptors (Lipinski definition) is 6. The fourth-order valence-electron chi connectivity index (χ4n) is 4.50. The van der Waals surface area contributed by atoms with Crippen LogP contribution in [0.3, 0.4) is 0 Å². The first-order chi connectivity index (χ1) is 18.7. The Labute approximate surface area is 225 Å². The van der Waals surface area contributed by atoms with Gasteiger partial charge in [0.25, 0.3) is 0 Å². The highest BCUT2D eigenvalue weighted by Gasteiger charge is 2.27. The third-order valence-corrected chi connectivity index (χ3v) is 8.43. The molecule has 3 N–H and O–H groups in total. The first kappa shape index (κ1) is 26.7. The van der Waals surface area contributed by atoms with Crippen LogP contribution in [-0.2, 0) is 10.2 Å². The molecule has 2 aromatic heterocycles. The van der Waals surface area contributed by atoms with Gasteiger partial charge in [0.1, 0.15) is 11.5 Å². The summed E-state index contributed by atoms with van der Waals surface area (Å²) in [6.07, 6.45) is 3.01. The lowest BCUT2D eigenvalue weighted by molar-refractivity contribution is 0.103. The molecule has 204 valence electrons. The lowest BCUT2D eigenvalue weighted by Crippen LogP contribution is -2.43. The van der Waals surface area contributed by atoms with Crippen LogP contribution in [0.25, 0.3) is 22.2 Å². The maximum Gasteiger partial charge on any atom is 0.301 e. The molecule has 0 radical (unpaired) electrons. The fraction of sp³-hybridized carbons (Fsp3) is 0.259. The first-order valence-electron chi connectivity index (χ1n) is 12.5. The number of nitrogens with zero attached hydrogens (tertiary/aromatic N) is 3. The third kappa shape index (κ3) is 5.22. The Balaban J connectivity index is 1.48. The van der Waals surface area contributed by atoms with E-state index in [1.54, 1.807) is 19.2 Å². The van der Waals surface area contributed by atoms with Crippen molar-refractivity contribution < 1.29 is 22.0 Å². The Morgan fingerprint density at radius 2 is 1.82 bits per heavy atom. The van der Waals surface area contributed by atoms with E-state index >= 15 is 4.39 Å². The molecular weight excluding hydrogens is 526 g/mol. The number of carbonyl (C=O) groups is 1. The average molecular weight is 555 g/mol. The third-order valence-electron chi connectivity index (χ3n) is 6.87. The van der Waals surface area contributed by atoms with Crippen molar-refractivity contribution in [2.24, 2.45) is 0 Å². The quantitative estimate of drug-likeness (QED) is 0.286. The van der Waals surface area contributed by atoms with Crippen LogP contribution in [0.15, 0.2) is 54.9 Å². The Morgan fingerprint density at radius 3 is 2.51 bits per heavy atom. The van der Waals surface area contributed by atoms with E-state index in [0.717, 1.165) is 59.4 Å². The molecule has 0 bridgehead atoms. The van der Waals surface area contributed by atoms with Gasteiger partial charge in [-0.2, -0.15) is 12.7 Å². The Hall–Kier alpha value is -3.87. The minimum Gasteiger partial charge on any atom is -0.369 e. The lowest BCUT2D eigenvalue weighted by atomic mass is 9.99. The van der Waals surface area contributed by atoms with Gasteiger partial charge in [-0.1, -0.05) is 19.1 Å². The molecule has 9 nitrogen and oxygen atoms in total. The number of benzene rings is 2. The second-order valence-corrected chi connectivity index (χ2v) is 11.0. The number of halogens is 2. The van der Waals surface area contributed by atoms with Gasteiger partial charge in [-0.15, -0.1) is 0 Å². The van der Waals surface area contributed by atoms with Gasteiger partial charge in [0, 0.05) is 74.4 Å². The highest BCUT2D eigenvalue weighted by atomic mass is 32.2. The van der Waals surface area contributed by atoms with E-state index in [4.69, 9.17) is 0 Å². The SMILES string of the molecule is CCN(C)S(=O)(=O)Nc1ccc(F)c(C(=O)c2c[nH]c3ncc(-c4ccc(N5CCNCC5)cc4)cc23)c1F. The second-order valence-electron chi connectivity index (χ2n) is 9.24. The van der Waals surface area contributed by atoms with E-state index < -0.39 is 38.9 Å². The molecule has 5 rings (SSSR count). The summed E-state index contributed by atoms with van der Waals surface area (Å²) >= 11 is 0. The second kappa shape index (κ2) is 10.7. The predicted molar refractivity (Wildman–Crippen MR) is 147 cm³/mol. The van der Waals surface area contributed by atoms with Crippen LogP contribution in [-0.4, -0.2) is 68.2 Å². The van der Waals surface area contributed by atoms with Crippen molar-refractivity contribution in [3.8, 4) is 11.1 Å². The summed E-state index contributed by atoms with van der Waals surface area (Å²) in [5.41, 5.74) is 1.72. The van der Waals surface area contributed by atoms with E-state index in [2.05, 4.69) is 24.9 Å². The number of H-pyrrole nitrogens is 1. The smallest absolute Gasteiger partial charge is 0.301 e. The molecule has 1 aliphatic heterocycles. The van der Waals surface area contributed by atoms with Gasteiger partial charge in [0.2, 0.25) is 5.78 Å². The van der Waals surface area contributed by atoms with E-state index in [1.807, 2.05) is 24.3 Å². The summed E-state index contributed by atoms with van der Waals surface area (Å²) in [5, 5.41) is 3.72. The molecule has 39 heavy (non-hydrogen) atoms. The van der Waals surface area contributed by atoms with Crippen LogP contribution in [0.5, 0.6) is 0 Å². The lowest BCUT2D eigenvalue weighted by Gasteiger charge is -2.29. The molecule has 0 amide bonds. The minimum atomic E-state index is -4.09. The molecule has 2 aromatic carbocycles. The van der Waals surface area contributed by atoms with Gasteiger partial charge >= 0.3 is 10.2 Å². The van der Waals surface area contributed by atoms with Gasteiger partial charge in [-0.3, -0.25) is 9.52 Å². The van der Waals surface area contributed by atoms with Crippen LogP contribution in [0, 0.1) is 11.6 Å². The molecule has 1 saturated heterocycles. The van der Waals surface area contributed by atoms with Crippen molar-refractivity contribution in [1.29, 1.82) is 0 Å². The number of ketones is 1. The number of anilines is 2.